The first-order valence-corrected chi connectivity index (χ1v) is 3.66. The maximum absolute atomic E-state index is 8.90. The second kappa shape index (κ2) is 6.43. The van der Waals surface area contributed by atoms with Gasteiger partial charge in [0.1, 0.15) is 5.75 Å². The van der Waals surface area contributed by atoms with Crippen molar-refractivity contribution in [3.8, 4) is 5.75 Å². The quantitative estimate of drug-likeness (QED) is 0.657. The molecule has 66 valence electrons. The molecule has 0 bridgehead atoms. The number of hydrogen-bond donors (Lipinski definition) is 2. The molecule has 0 radical (unpaired) electrons. The van der Waals surface area contributed by atoms with Crippen LogP contribution in [0.25, 0.3) is 0 Å². The number of benzene rings is 1. The number of phenolic OH excluding ortho intramolecular Hbond substituents is 1. The van der Waals surface area contributed by atoms with E-state index in [1.807, 2.05) is 18.2 Å². The summed E-state index contributed by atoms with van der Waals surface area (Å²) in [7, 11) is 1.00. The molecule has 0 aliphatic rings. The average Bonchev–Trinajstić information content (AvgIpc) is 2.13. The molecule has 2 heteroatoms. The predicted octanol–water partition coefficient (Wildman–Crippen LogP) is 1.73. The van der Waals surface area contributed by atoms with Gasteiger partial charge in [0.05, 0.1) is 0 Å². The number of rotatable bonds is 2. The van der Waals surface area contributed by atoms with Crippen LogP contribution in [0.1, 0.15) is 5.56 Å². The van der Waals surface area contributed by atoms with E-state index in [-0.39, 0.29) is 0 Å². The van der Waals surface area contributed by atoms with Gasteiger partial charge < -0.3 is 10.2 Å². The Morgan fingerprint density at radius 2 is 1.75 bits per heavy atom. The first kappa shape index (κ1) is 10.7. The van der Waals surface area contributed by atoms with Gasteiger partial charge in [-0.15, -0.1) is 6.58 Å². The monoisotopic (exact) mass is 166 g/mol. The highest BCUT2D eigenvalue weighted by molar-refractivity contribution is 5.26. The lowest BCUT2D eigenvalue weighted by Crippen LogP contribution is -1.77. The molecule has 2 N–H and O–H groups in total. The Kier molecular flexibility index (Phi) is 5.75. The number of aliphatic hydroxyl groups excluding tert-OH is 1. The minimum Gasteiger partial charge on any atom is -0.508 e. The molecule has 0 atom stereocenters. The van der Waals surface area contributed by atoms with E-state index >= 15 is 0 Å². The van der Waals surface area contributed by atoms with Crippen LogP contribution in [0.3, 0.4) is 0 Å². The molecular weight excluding hydrogens is 152 g/mol. The molecule has 1 rings (SSSR count). The highest BCUT2D eigenvalue weighted by Crippen LogP contribution is 2.09. The summed E-state index contributed by atoms with van der Waals surface area (Å²) in [5, 5.41) is 15.9. The SMILES string of the molecule is C=CCc1ccc(O)cc1.CO. The molecule has 0 spiro atoms. The van der Waals surface area contributed by atoms with Crippen LogP contribution in [0.5, 0.6) is 5.75 Å². The van der Waals surface area contributed by atoms with Crippen LogP contribution in [0.4, 0.5) is 0 Å². The van der Waals surface area contributed by atoms with Gasteiger partial charge in [0.25, 0.3) is 0 Å². The van der Waals surface area contributed by atoms with E-state index in [1.54, 1.807) is 12.1 Å². The number of allylic oxidation sites excluding steroid dienone is 1. The first-order chi connectivity index (χ1) is 5.83. The molecule has 0 aliphatic heterocycles. The van der Waals surface area contributed by atoms with Crippen molar-refractivity contribution in [3.63, 3.8) is 0 Å². The molecular formula is C10H14O2. The van der Waals surface area contributed by atoms with Crippen LogP contribution in [0.15, 0.2) is 36.9 Å². The Labute approximate surface area is 72.8 Å². The van der Waals surface area contributed by atoms with Crippen molar-refractivity contribution in [1.29, 1.82) is 0 Å². The lowest BCUT2D eigenvalue weighted by atomic mass is 10.1. The summed E-state index contributed by atoms with van der Waals surface area (Å²) in [4.78, 5) is 0. The number of hydrogen-bond acceptors (Lipinski definition) is 2. The van der Waals surface area contributed by atoms with E-state index in [0.717, 1.165) is 13.5 Å². The molecule has 1 aromatic carbocycles. The van der Waals surface area contributed by atoms with Gasteiger partial charge in [-0.05, 0) is 24.1 Å². The van der Waals surface area contributed by atoms with Gasteiger partial charge in [-0.3, -0.25) is 0 Å². The van der Waals surface area contributed by atoms with Crippen molar-refractivity contribution < 1.29 is 10.2 Å². The van der Waals surface area contributed by atoms with Crippen molar-refractivity contribution in [2.24, 2.45) is 0 Å². The Morgan fingerprint density at radius 1 is 1.25 bits per heavy atom. The maximum atomic E-state index is 8.90. The smallest absolute Gasteiger partial charge is 0.115 e. The zero-order valence-electron chi connectivity index (χ0n) is 7.20. The Hall–Kier alpha value is -1.28. The summed E-state index contributed by atoms with van der Waals surface area (Å²) in [6, 6.07) is 7.13. The largest absolute Gasteiger partial charge is 0.508 e. The van der Waals surface area contributed by atoms with Gasteiger partial charge >= 0.3 is 0 Å². The Bertz CT molecular complexity index is 214. The predicted molar refractivity (Wildman–Crippen MR) is 50.2 cm³/mol. The first-order valence-electron chi connectivity index (χ1n) is 3.66. The van der Waals surface area contributed by atoms with Gasteiger partial charge in [-0.2, -0.15) is 0 Å². The van der Waals surface area contributed by atoms with Gasteiger partial charge in [0.15, 0.2) is 0 Å². The fraction of sp³-hybridized carbons (Fsp3) is 0.200. The highest BCUT2D eigenvalue weighted by atomic mass is 16.3. The van der Waals surface area contributed by atoms with Crippen LogP contribution in [0, 0.1) is 0 Å². The minimum atomic E-state index is 0.313. The van der Waals surface area contributed by atoms with E-state index < -0.39 is 0 Å². The molecule has 0 heterocycles. The Balaban J connectivity index is 0.000000561. The summed E-state index contributed by atoms with van der Waals surface area (Å²) in [5.41, 5.74) is 1.17. The standard InChI is InChI=1S/C9H10O.CH4O/c1-2-3-8-4-6-9(10)7-5-8;1-2/h2,4-7,10H,1,3H2;2H,1H3. The summed E-state index contributed by atoms with van der Waals surface area (Å²) in [6.07, 6.45) is 2.70. The lowest BCUT2D eigenvalue weighted by Gasteiger charge is -1.94. The molecule has 0 saturated carbocycles. The van der Waals surface area contributed by atoms with Gasteiger partial charge in [0.2, 0.25) is 0 Å². The van der Waals surface area contributed by atoms with Gasteiger partial charge in [-0.25, -0.2) is 0 Å². The molecule has 0 saturated heterocycles. The fourth-order valence-corrected chi connectivity index (χ4v) is 0.799. The van der Waals surface area contributed by atoms with Gasteiger partial charge in [0, 0.05) is 7.11 Å². The highest BCUT2D eigenvalue weighted by Gasteiger charge is 1.87. The van der Waals surface area contributed by atoms with Gasteiger partial charge in [-0.1, -0.05) is 18.2 Å². The van der Waals surface area contributed by atoms with Crippen LogP contribution >= 0.6 is 0 Å². The van der Waals surface area contributed by atoms with Crippen molar-refractivity contribution in [2.45, 2.75) is 6.42 Å². The van der Waals surface area contributed by atoms with Crippen molar-refractivity contribution in [3.05, 3.63) is 42.5 Å². The van der Waals surface area contributed by atoms with Crippen molar-refractivity contribution in [2.75, 3.05) is 7.11 Å². The number of phenols is 1. The molecule has 0 amide bonds. The second-order valence-electron chi connectivity index (χ2n) is 2.16. The van der Waals surface area contributed by atoms with Crippen molar-refractivity contribution >= 4 is 0 Å². The molecule has 0 fully saturated rings. The minimum absolute atomic E-state index is 0.313. The number of aliphatic hydroxyl groups is 1. The normalized spacial score (nSPS) is 8.17. The summed E-state index contributed by atoms with van der Waals surface area (Å²) in [5.74, 6) is 0.313. The molecule has 0 aromatic heterocycles. The molecule has 2 nitrogen and oxygen atoms in total. The number of aromatic hydroxyl groups is 1. The van der Waals surface area contributed by atoms with E-state index in [1.165, 1.54) is 5.56 Å². The van der Waals surface area contributed by atoms with Crippen LogP contribution in [0.2, 0.25) is 0 Å². The van der Waals surface area contributed by atoms with Crippen LogP contribution < -0.4 is 0 Å². The zero-order valence-corrected chi connectivity index (χ0v) is 7.20. The third kappa shape index (κ3) is 3.78. The van der Waals surface area contributed by atoms with E-state index in [0.29, 0.717) is 5.75 Å². The van der Waals surface area contributed by atoms with Crippen molar-refractivity contribution in [1.82, 2.24) is 0 Å². The topological polar surface area (TPSA) is 40.5 Å². The molecule has 0 unspecified atom stereocenters. The van der Waals surface area contributed by atoms with Crippen LogP contribution in [-0.2, 0) is 6.42 Å². The summed E-state index contributed by atoms with van der Waals surface area (Å²) in [6.45, 7) is 3.62. The zero-order chi connectivity index (χ0) is 9.40. The van der Waals surface area contributed by atoms with E-state index in [9.17, 15) is 0 Å². The van der Waals surface area contributed by atoms with E-state index in [2.05, 4.69) is 6.58 Å². The summed E-state index contributed by atoms with van der Waals surface area (Å²) >= 11 is 0. The average molecular weight is 166 g/mol. The third-order valence-corrected chi connectivity index (χ3v) is 1.32. The molecule has 12 heavy (non-hydrogen) atoms. The molecule has 0 aliphatic carbocycles. The fourth-order valence-electron chi connectivity index (χ4n) is 0.799. The lowest BCUT2D eigenvalue weighted by molar-refractivity contribution is 0.399. The summed E-state index contributed by atoms with van der Waals surface area (Å²) < 4.78 is 0. The maximum Gasteiger partial charge on any atom is 0.115 e. The third-order valence-electron chi connectivity index (χ3n) is 1.32. The van der Waals surface area contributed by atoms with E-state index in [4.69, 9.17) is 10.2 Å². The second-order valence-corrected chi connectivity index (χ2v) is 2.16. The molecule has 1 aromatic rings. The van der Waals surface area contributed by atoms with Crippen LogP contribution in [-0.4, -0.2) is 17.3 Å². The Morgan fingerprint density at radius 3 is 2.17 bits per heavy atom.